The molecule has 2 aromatic rings. The van der Waals surface area contributed by atoms with E-state index in [2.05, 4.69) is 5.16 Å². The van der Waals surface area contributed by atoms with E-state index in [1.807, 2.05) is 0 Å². The number of hydrogen-bond acceptors (Lipinski definition) is 4. The summed E-state index contributed by atoms with van der Waals surface area (Å²) in [6.07, 6.45) is 0. The fourth-order valence-corrected chi connectivity index (χ4v) is 1.27. The van der Waals surface area contributed by atoms with Crippen LogP contribution in [0.25, 0.3) is 11.0 Å². The maximum absolute atomic E-state index is 9.48. The van der Waals surface area contributed by atoms with Crippen molar-refractivity contribution in [2.24, 2.45) is 5.16 Å². The minimum Gasteiger partial charge on any atom is -0.507 e. The van der Waals surface area contributed by atoms with Crippen molar-refractivity contribution in [3.8, 4) is 5.75 Å². The number of hydrogen-bond donors (Lipinski definition) is 2. The molecule has 0 aliphatic heterocycles. The van der Waals surface area contributed by atoms with Gasteiger partial charge in [-0.3, -0.25) is 0 Å². The number of aromatic hydroxyl groups is 1. The van der Waals surface area contributed by atoms with E-state index in [4.69, 9.17) is 9.62 Å². The highest BCUT2D eigenvalue weighted by atomic mass is 16.4. The summed E-state index contributed by atoms with van der Waals surface area (Å²) in [7, 11) is 0. The molecular weight excluding hydrogens is 182 g/mol. The van der Waals surface area contributed by atoms with Crippen LogP contribution < -0.4 is 0 Å². The van der Waals surface area contributed by atoms with Crippen molar-refractivity contribution in [1.29, 1.82) is 0 Å². The Balaban J connectivity index is 2.68. The largest absolute Gasteiger partial charge is 0.507 e. The summed E-state index contributed by atoms with van der Waals surface area (Å²) < 4.78 is 5.35. The molecule has 0 bridgehead atoms. The molecule has 0 radical (unpaired) electrons. The second-order valence-electron chi connectivity index (χ2n) is 2.99. The van der Waals surface area contributed by atoms with Crippen LogP contribution in [0.3, 0.4) is 0 Å². The second kappa shape index (κ2) is 3.06. The number of furan rings is 1. The summed E-state index contributed by atoms with van der Waals surface area (Å²) in [4.78, 5) is 0. The van der Waals surface area contributed by atoms with E-state index in [-0.39, 0.29) is 5.75 Å². The van der Waals surface area contributed by atoms with Crippen LogP contribution in [0, 0.1) is 0 Å². The number of rotatable bonds is 1. The number of phenolic OH excluding ortho intramolecular Hbond substituents is 1. The van der Waals surface area contributed by atoms with Crippen LogP contribution in [0.2, 0.25) is 0 Å². The topological polar surface area (TPSA) is 66.0 Å². The van der Waals surface area contributed by atoms with Gasteiger partial charge in [-0.25, -0.2) is 0 Å². The molecule has 14 heavy (non-hydrogen) atoms. The average Bonchev–Trinajstić information content (AvgIpc) is 2.62. The third kappa shape index (κ3) is 1.21. The van der Waals surface area contributed by atoms with E-state index in [1.54, 1.807) is 31.2 Å². The zero-order valence-electron chi connectivity index (χ0n) is 7.56. The first-order chi connectivity index (χ1) is 6.72. The number of oxime groups is 1. The molecule has 4 heteroatoms. The first-order valence-electron chi connectivity index (χ1n) is 4.13. The van der Waals surface area contributed by atoms with Gasteiger partial charge in [0.2, 0.25) is 0 Å². The van der Waals surface area contributed by atoms with Gasteiger partial charge >= 0.3 is 0 Å². The molecule has 0 aliphatic carbocycles. The van der Waals surface area contributed by atoms with E-state index in [0.717, 1.165) is 0 Å². The SMILES string of the molecule is C/C(=N\O)c1cc2c(O)cccc2o1. The lowest BCUT2D eigenvalue weighted by molar-refractivity contribution is 0.318. The standard InChI is InChI=1S/C10H9NO3/c1-6(11-13)10-5-7-8(12)3-2-4-9(7)14-10/h2-5,12-13H,1H3/b11-6+. The van der Waals surface area contributed by atoms with Crippen molar-refractivity contribution in [3.63, 3.8) is 0 Å². The minimum absolute atomic E-state index is 0.156. The fraction of sp³-hybridized carbons (Fsp3) is 0.100. The highest BCUT2D eigenvalue weighted by molar-refractivity contribution is 6.00. The van der Waals surface area contributed by atoms with Gasteiger partial charge in [0.1, 0.15) is 17.0 Å². The van der Waals surface area contributed by atoms with Gasteiger partial charge in [0.05, 0.1) is 5.39 Å². The van der Waals surface area contributed by atoms with Crippen LogP contribution in [0.15, 0.2) is 33.8 Å². The lowest BCUT2D eigenvalue weighted by Crippen LogP contribution is -1.89. The van der Waals surface area contributed by atoms with Crippen LogP contribution in [-0.4, -0.2) is 16.0 Å². The maximum Gasteiger partial charge on any atom is 0.152 e. The van der Waals surface area contributed by atoms with Gasteiger partial charge in [-0.05, 0) is 25.1 Å². The Morgan fingerprint density at radius 1 is 1.43 bits per heavy atom. The van der Waals surface area contributed by atoms with Gasteiger partial charge in [0.25, 0.3) is 0 Å². The molecule has 1 heterocycles. The number of fused-ring (bicyclic) bond motifs is 1. The maximum atomic E-state index is 9.48. The summed E-state index contributed by atoms with van der Waals surface area (Å²) in [5.41, 5.74) is 0.948. The number of benzene rings is 1. The molecule has 0 saturated heterocycles. The highest BCUT2D eigenvalue weighted by Gasteiger charge is 2.09. The molecule has 0 atom stereocenters. The molecule has 0 spiro atoms. The first kappa shape index (κ1) is 8.62. The van der Waals surface area contributed by atoms with E-state index in [9.17, 15) is 5.11 Å². The van der Waals surface area contributed by atoms with Crippen molar-refractivity contribution in [2.75, 3.05) is 0 Å². The minimum atomic E-state index is 0.156. The number of nitrogens with zero attached hydrogens (tertiary/aromatic N) is 1. The first-order valence-corrected chi connectivity index (χ1v) is 4.13. The van der Waals surface area contributed by atoms with Crippen molar-refractivity contribution < 1.29 is 14.7 Å². The fourth-order valence-electron chi connectivity index (χ4n) is 1.27. The molecule has 2 rings (SSSR count). The molecule has 1 aromatic heterocycles. The van der Waals surface area contributed by atoms with Crippen molar-refractivity contribution in [3.05, 3.63) is 30.0 Å². The van der Waals surface area contributed by atoms with Crippen LogP contribution in [0.1, 0.15) is 12.7 Å². The monoisotopic (exact) mass is 191 g/mol. The smallest absolute Gasteiger partial charge is 0.152 e. The van der Waals surface area contributed by atoms with Crippen LogP contribution >= 0.6 is 0 Å². The normalized spacial score (nSPS) is 12.2. The second-order valence-corrected chi connectivity index (χ2v) is 2.99. The summed E-state index contributed by atoms with van der Waals surface area (Å²) >= 11 is 0. The van der Waals surface area contributed by atoms with Crippen LogP contribution in [-0.2, 0) is 0 Å². The van der Waals surface area contributed by atoms with Crippen LogP contribution in [0.4, 0.5) is 0 Å². The molecule has 1 aromatic carbocycles. The Kier molecular flexibility index (Phi) is 1.89. The van der Waals surface area contributed by atoms with Crippen molar-refractivity contribution >= 4 is 16.7 Å². The predicted octanol–water partition coefficient (Wildman–Crippen LogP) is 2.34. The van der Waals surface area contributed by atoms with Crippen LogP contribution in [0.5, 0.6) is 5.75 Å². The van der Waals surface area contributed by atoms with E-state index in [1.165, 1.54) is 0 Å². The Morgan fingerprint density at radius 3 is 2.86 bits per heavy atom. The zero-order chi connectivity index (χ0) is 10.1. The molecule has 0 saturated carbocycles. The van der Waals surface area contributed by atoms with E-state index >= 15 is 0 Å². The quantitative estimate of drug-likeness (QED) is 0.413. The van der Waals surface area contributed by atoms with E-state index in [0.29, 0.717) is 22.4 Å². The van der Waals surface area contributed by atoms with Crippen molar-refractivity contribution in [1.82, 2.24) is 0 Å². The third-order valence-electron chi connectivity index (χ3n) is 2.05. The zero-order valence-corrected chi connectivity index (χ0v) is 7.56. The molecule has 0 amide bonds. The lowest BCUT2D eigenvalue weighted by Gasteiger charge is -1.89. The summed E-state index contributed by atoms with van der Waals surface area (Å²) in [5, 5.41) is 21.7. The van der Waals surface area contributed by atoms with E-state index < -0.39 is 0 Å². The van der Waals surface area contributed by atoms with Gasteiger partial charge in [-0.1, -0.05) is 11.2 Å². The molecule has 72 valence electrons. The molecule has 0 aliphatic rings. The Labute approximate surface area is 80.1 Å². The number of phenols is 1. The summed E-state index contributed by atoms with van der Waals surface area (Å²) in [5.74, 6) is 0.604. The summed E-state index contributed by atoms with van der Waals surface area (Å²) in [6, 6.07) is 6.65. The Bertz CT molecular complexity index is 499. The lowest BCUT2D eigenvalue weighted by atomic mass is 10.2. The average molecular weight is 191 g/mol. The van der Waals surface area contributed by atoms with Gasteiger partial charge in [-0.2, -0.15) is 0 Å². The molecule has 0 fully saturated rings. The molecule has 2 N–H and O–H groups in total. The molecule has 4 nitrogen and oxygen atoms in total. The van der Waals surface area contributed by atoms with Crippen molar-refractivity contribution in [2.45, 2.75) is 6.92 Å². The molecular formula is C10H9NO3. The highest BCUT2D eigenvalue weighted by Crippen LogP contribution is 2.27. The van der Waals surface area contributed by atoms with Gasteiger partial charge < -0.3 is 14.7 Å². The predicted molar refractivity (Wildman–Crippen MR) is 51.9 cm³/mol. The Hall–Kier alpha value is -1.97. The summed E-state index contributed by atoms with van der Waals surface area (Å²) in [6.45, 7) is 1.62. The van der Waals surface area contributed by atoms with Gasteiger partial charge in [0, 0.05) is 0 Å². The van der Waals surface area contributed by atoms with Gasteiger partial charge in [-0.15, -0.1) is 0 Å². The Morgan fingerprint density at radius 2 is 2.21 bits per heavy atom. The van der Waals surface area contributed by atoms with Gasteiger partial charge in [0.15, 0.2) is 5.76 Å². The molecule has 0 unspecified atom stereocenters. The third-order valence-corrected chi connectivity index (χ3v) is 2.05.